The van der Waals surface area contributed by atoms with E-state index < -0.39 is 5.83 Å². The Labute approximate surface area is 177 Å². The van der Waals surface area contributed by atoms with E-state index in [1.165, 1.54) is 48.3 Å². The van der Waals surface area contributed by atoms with Gasteiger partial charge in [-0.1, -0.05) is 24.8 Å². The molecule has 2 heterocycles. The van der Waals surface area contributed by atoms with Crippen LogP contribution in [0.1, 0.15) is 41.8 Å². The molecule has 1 aliphatic heterocycles. The van der Waals surface area contributed by atoms with Crippen molar-refractivity contribution < 1.29 is 13.6 Å². The van der Waals surface area contributed by atoms with Crippen LogP contribution in [0.5, 0.6) is 0 Å². The highest BCUT2D eigenvalue weighted by Crippen LogP contribution is 2.35. The van der Waals surface area contributed by atoms with Gasteiger partial charge in [0.25, 0.3) is 0 Å². The number of nitriles is 1. The quantitative estimate of drug-likeness (QED) is 0.720. The molecule has 0 spiro atoms. The fourth-order valence-electron chi connectivity index (χ4n) is 2.73. The lowest BCUT2D eigenvalue weighted by molar-refractivity contribution is -0.109. The van der Waals surface area contributed by atoms with Gasteiger partial charge < -0.3 is 11.1 Å². The number of aliphatic imine (C=N–C) groups is 1. The first kappa shape index (κ1) is 23.0. The molecule has 0 saturated heterocycles. The van der Waals surface area contributed by atoms with Crippen LogP contribution in [0.25, 0.3) is 11.9 Å². The molecule has 2 aromatic rings. The summed E-state index contributed by atoms with van der Waals surface area (Å²) in [7, 11) is 1.56. The number of hydrogen-bond acceptors (Lipinski definition) is 6. The maximum atomic E-state index is 14.4. The second kappa shape index (κ2) is 11.1. The van der Waals surface area contributed by atoms with Crippen LogP contribution in [0.2, 0.25) is 0 Å². The maximum absolute atomic E-state index is 14.4. The number of amidine groups is 1. The van der Waals surface area contributed by atoms with Crippen LogP contribution in [0.15, 0.2) is 41.5 Å². The number of hydrogen-bond donors (Lipinski definition) is 2. The van der Waals surface area contributed by atoms with E-state index in [0.29, 0.717) is 34.7 Å². The first-order valence-corrected chi connectivity index (χ1v) is 9.89. The molecule has 2 unspecified atom stereocenters. The lowest BCUT2D eigenvalue weighted by Crippen LogP contribution is -2.21. The van der Waals surface area contributed by atoms with Crippen molar-refractivity contribution in [3.05, 3.63) is 64.7 Å². The molecule has 2 atom stereocenters. The second-order valence-corrected chi connectivity index (χ2v) is 7.83. The minimum Gasteiger partial charge on any atom is -0.379 e. The minimum atomic E-state index is -0.567. The van der Waals surface area contributed by atoms with Crippen molar-refractivity contribution in [1.82, 2.24) is 10.3 Å². The molecule has 1 amide bonds. The Hall–Kier alpha value is -3.25. The third kappa shape index (κ3) is 6.39. The average Bonchev–Trinajstić information content (AvgIpc) is 2.74. The fourth-order valence-corrected chi connectivity index (χ4v) is 3.61. The van der Waals surface area contributed by atoms with Crippen LogP contribution in [-0.4, -0.2) is 28.9 Å². The summed E-state index contributed by atoms with van der Waals surface area (Å²) in [5.74, 6) is -0.956. The predicted molar refractivity (Wildman–Crippen MR) is 115 cm³/mol. The number of nitrogens with one attached hydrogen (secondary N) is 1. The number of carbonyl (C=O) groups excluding carboxylic acids is 1. The first-order chi connectivity index (χ1) is 14.4. The summed E-state index contributed by atoms with van der Waals surface area (Å²) in [5, 5.41) is 11.7. The predicted octanol–water partition coefficient (Wildman–Crippen LogP) is 3.80. The van der Waals surface area contributed by atoms with E-state index in [0.717, 1.165) is 0 Å². The normalized spacial score (nSPS) is 18.4. The number of thioether (sulfide) groups is 1. The van der Waals surface area contributed by atoms with Gasteiger partial charge in [-0.25, -0.2) is 8.78 Å². The highest BCUT2D eigenvalue weighted by molar-refractivity contribution is 8.14. The van der Waals surface area contributed by atoms with Crippen LogP contribution in [-0.2, 0) is 4.79 Å². The molecule has 3 N–H and O–H groups in total. The van der Waals surface area contributed by atoms with Crippen molar-refractivity contribution in [3.63, 3.8) is 0 Å². The Morgan fingerprint density at radius 3 is 2.70 bits per heavy atom. The van der Waals surface area contributed by atoms with E-state index in [1.54, 1.807) is 13.1 Å². The maximum Gasteiger partial charge on any atom is 0.206 e. The van der Waals surface area contributed by atoms with Crippen LogP contribution >= 0.6 is 11.8 Å². The zero-order valence-electron chi connectivity index (χ0n) is 16.5. The van der Waals surface area contributed by atoms with Crippen molar-refractivity contribution in [2.45, 2.75) is 24.6 Å². The van der Waals surface area contributed by atoms with Crippen LogP contribution < -0.4 is 11.1 Å². The highest BCUT2D eigenvalue weighted by atomic mass is 32.2. The molecular formula is C21H21F2N5OS. The first-order valence-electron chi connectivity index (χ1n) is 9.02. The second-order valence-electron chi connectivity index (χ2n) is 6.37. The number of rotatable bonds is 4. The van der Waals surface area contributed by atoms with Gasteiger partial charge in [0.1, 0.15) is 17.7 Å². The van der Waals surface area contributed by atoms with Crippen molar-refractivity contribution in [2.75, 3.05) is 7.05 Å². The van der Waals surface area contributed by atoms with Crippen molar-refractivity contribution in [3.8, 4) is 6.07 Å². The molecule has 0 bridgehead atoms. The number of amides is 1. The molecule has 1 aromatic carbocycles. The van der Waals surface area contributed by atoms with E-state index in [9.17, 15) is 8.78 Å². The van der Waals surface area contributed by atoms with Crippen molar-refractivity contribution in [1.29, 1.82) is 5.26 Å². The average molecular weight is 429 g/mol. The molecule has 156 valence electrons. The summed E-state index contributed by atoms with van der Waals surface area (Å²) in [5.41, 5.74) is 7.17. The van der Waals surface area contributed by atoms with Crippen LogP contribution in [0.4, 0.5) is 8.78 Å². The molecular weight excluding hydrogens is 408 g/mol. The molecule has 1 aromatic heterocycles. The zero-order chi connectivity index (χ0) is 22.1. The lowest BCUT2D eigenvalue weighted by Gasteiger charge is -2.23. The monoisotopic (exact) mass is 429 g/mol. The third-order valence-corrected chi connectivity index (χ3v) is 5.03. The molecule has 9 heteroatoms. The van der Waals surface area contributed by atoms with Gasteiger partial charge in [-0.05, 0) is 42.3 Å². The van der Waals surface area contributed by atoms with Crippen LogP contribution in [0, 0.1) is 17.1 Å². The number of benzene rings is 1. The largest absolute Gasteiger partial charge is 0.379 e. The Balaban J connectivity index is 0.000000735. The summed E-state index contributed by atoms with van der Waals surface area (Å²) < 4.78 is 28.7. The number of aromatic nitrogens is 1. The molecule has 0 fully saturated rings. The number of nitrogens with zero attached hydrogens (tertiary/aromatic N) is 3. The van der Waals surface area contributed by atoms with Gasteiger partial charge in [-0.2, -0.15) is 5.26 Å². The topological polar surface area (TPSA) is 104 Å². The number of nitrogens with two attached hydrogens (primary N) is 1. The van der Waals surface area contributed by atoms with Gasteiger partial charge >= 0.3 is 0 Å². The fraction of sp³-hybridized carbons (Fsp3) is 0.238. The lowest BCUT2D eigenvalue weighted by atomic mass is 9.99. The molecule has 3 rings (SSSR count). The van der Waals surface area contributed by atoms with E-state index in [4.69, 9.17) is 15.8 Å². The van der Waals surface area contributed by atoms with Gasteiger partial charge in [-0.3, -0.25) is 14.8 Å². The van der Waals surface area contributed by atoms with Crippen molar-refractivity contribution in [2.24, 2.45) is 10.7 Å². The number of carbonyl (C=O) groups is 1. The molecule has 1 aliphatic rings. The van der Waals surface area contributed by atoms with E-state index in [-0.39, 0.29) is 22.8 Å². The van der Waals surface area contributed by atoms with Gasteiger partial charge in [0.15, 0.2) is 5.17 Å². The van der Waals surface area contributed by atoms with Crippen LogP contribution in [0.3, 0.4) is 0 Å². The third-order valence-electron chi connectivity index (χ3n) is 4.09. The number of halogens is 2. The Morgan fingerprint density at radius 2 is 2.13 bits per heavy atom. The molecule has 0 saturated carbocycles. The minimum absolute atomic E-state index is 0.111. The standard InChI is InChI=1S/C19H16F2N4S.C2H5NO/c1-11-6-18(25-19(23)26-11)14-7-12(2-4-15(14)20)8-16(21)17-5-3-13(9-22)10-24-17;1-3-2-4/h2-5,7-8,10-11,18H,6H2,1H3,(H2,23,25);2H,1H3,(H,3,4)/b16-8-;. The summed E-state index contributed by atoms with van der Waals surface area (Å²) in [6.45, 7) is 2.01. The van der Waals surface area contributed by atoms with E-state index >= 15 is 0 Å². The van der Waals surface area contributed by atoms with Gasteiger partial charge in [0, 0.05) is 24.1 Å². The summed E-state index contributed by atoms with van der Waals surface area (Å²) in [4.78, 5) is 17.3. The summed E-state index contributed by atoms with van der Waals surface area (Å²) >= 11 is 1.46. The van der Waals surface area contributed by atoms with Gasteiger partial charge in [0.2, 0.25) is 6.41 Å². The molecule has 0 aliphatic carbocycles. The van der Waals surface area contributed by atoms with Gasteiger partial charge in [-0.15, -0.1) is 0 Å². The summed E-state index contributed by atoms with van der Waals surface area (Å²) in [6.07, 6.45) is 3.87. The SMILES string of the molecule is CC1CC(c2cc(/C=C(\F)c3ccc(C#N)cn3)ccc2F)N=C(N)S1.CNC=O. The van der Waals surface area contributed by atoms with E-state index in [2.05, 4.69) is 15.3 Å². The molecule has 30 heavy (non-hydrogen) atoms. The Kier molecular flexibility index (Phi) is 8.50. The smallest absolute Gasteiger partial charge is 0.206 e. The zero-order valence-corrected chi connectivity index (χ0v) is 17.3. The van der Waals surface area contributed by atoms with Gasteiger partial charge in [0.05, 0.1) is 17.3 Å². The Morgan fingerprint density at radius 1 is 1.40 bits per heavy atom. The number of pyridine rings is 1. The Bertz CT molecular complexity index is 986. The van der Waals surface area contributed by atoms with Crippen molar-refractivity contribution >= 4 is 35.2 Å². The summed E-state index contributed by atoms with van der Waals surface area (Å²) in [6, 6.07) is 8.86. The highest BCUT2D eigenvalue weighted by Gasteiger charge is 2.24. The molecule has 0 radical (unpaired) electrons. The molecule has 6 nitrogen and oxygen atoms in total. The van der Waals surface area contributed by atoms with E-state index in [1.807, 2.05) is 13.0 Å².